The van der Waals surface area contributed by atoms with E-state index >= 15 is 0 Å². The lowest BCUT2D eigenvalue weighted by Gasteiger charge is -2.14. The molecule has 9 heteroatoms. The van der Waals surface area contributed by atoms with Crippen molar-refractivity contribution >= 4 is 46.2 Å². The number of hydrogen-bond acceptors (Lipinski definition) is 6. The molecule has 134 valence electrons. The van der Waals surface area contributed by atoms with Crippen molar-refractivity contribution in [2.75, 3.05) is 12.0 Å². The summed E-state index contributed by atoms with van der Waals surface area (Å²) in [6, 6.07) is 1.64. The molecule has 2 rings (SSSR count). The van der Waals surface area contributed by atoms with Crippen molar-refractivity contribution in [3.05, 3.63) is 38.7 Å². The van der Waals surface area contributed by atoms with Gasteiger partial charge >= 0.3 is 11.6 Å². The number of carboxylic acid groups (broad SMARTS) is 1. The van der Waals surface area contributed by atoms with Crippen molar-refractivity contribution in [2.45, 2.75) is 19.4 Å². The first-order chi connectivity index (χ1) is 11.7. The summed E-state index contributed by atoms with van der Waals surface area (Å²) in [5.74, 6) is -1.75. The molecule has 0 saturated carbocycles. The average molecular weight is 386 g/mol. The molecular formula is C16H16ClNO6S. The van der Waals surface area contributed by atoms with Gasteiger partial charge in [-0.05, 0) is 24.8 Å². The summed E-state index contributed by atoms with van der Waals surface area (Å²) in [5, 5.41) is 21.6. The molecule has 25 heavy (non-hydrogen) atoms. The maximum atomic E-state index is 12.1. The number of aromatic hydroxyl groups is 1. The standard InChI is InChI=1S/C16H16ClNO6S/c1-7-8-3-10(17)12(19)5-13(8)24-16(23)9(7)4-14(20)18-11(6-25-2)15(21)22/h3,5,11,19H,4,6H2,1-2H3,(H,18,20)(H,21,22)/t11-/m1/s1. The lowest BCUT2D eigenvalue weighted by molar-refractivity contribution is -0.141. The Hall–Kier alpha value is -2.19. The van der Waals surface area contributed by atoms with Crippen molar-refractivity contribution in [2.24, 2.45) is 0 Å². The number of aliphatic carboxylic acids is 1. The number of thioether (sulfide) groups is 1. The number of carbonyl (C=O) groups excluding carboxylic acids is 1. The van der Waals surface area contributed by atoms with E-state index in [1.807, 2.05) is 0 Å². The van der Waals surface area contributed by atoms with E-state index in [-0.39, 0.29) is 34.1 Å². The van der Waals surface area contributed by atoms with Crippen LogP contribution >= 0.6 is 23.4 Å². The minimum atomic E-state index is -1.15. The maximum Gasteiger partial charge on any atom is 0.340 e. The second-order valence-electron chi connectivity index (χ2n) is 5.38. The van der Waals surface area contributed by atoms with Crippen LogP contribution in [0.5, 0.6) is 5.75 Å². The van der Waals surface area contributed by atoms with Crippen molar-refractivity contribution < 1.29 is 24.2 Å². The zero-order valence-corrected chi connectivity index (χ0v) is 15.0. The summed E-state index contributed by atoms with van der Waals surface area (Å²) in [4.78, 5) is 35.4. The molecule has 0 aliphatic heterocycles. The van der Waals surface area contributed by atoms with Crippen molar-refractivity contribution in [1.82, 2.24) is 5.32 Å². The number of carbonyl (C=O) groups is 2. The fraction of sp³-hybridized carbons (Fsp3) is 0.312. The SMILES string of the molecule is CSC[C@@H](NC(=O)Cc1c(C)c2cc(Cl)c(O)cc2oc1=O)C(=O)O. The van der Waals surface area contributed by atoms with Crippen molar-refractivity contribution in [1.29, 1.82) is 0 Å². The Morgan fingerprint density at radius 2 is 2.08 bits per heavy atom. The third-order valence-electron chi connectivity index (χ3n) is 3.66. The van der Waals surface area contributed by atoms with Gasteiger partial charge in [-0.3, -0.25) is 4.79 Å². The Bertz CT molecular complexity index is 894. The fourth-order valence-corrected chi connectivity index (χ4v) is 3.07. The Morgan fingerprint density at radius 3 is 2.68 bits per heavy atom. The van der Waals surface area contributed by atoms with Crippen LogP contribution in [0.25, 0.3) is 11.0 Å². The summed E-state index contributed by atoms with van der Waals surface area (Å²) in [6.07, 6.45) is 1.41. The van der Waals surface area contributed by atoms with Gasteiger partial charge < -0.3 is 19.9 Å². The summed E-state index contributed by atoms with van der Waals surface area (Å²) in [5.41, 5.74) is 0.0260. The number of halogens is 1. The lowest BCUT2D eigenvalue weighted by atomic mass is 10.0. The molecule has 1 atom stereocenters. The highest BCUT2D eigenvalue weighted by Gasteiger charge is 2.22. The van der Waals surface area contributed by atoms with Crippen LogP contribution in [0.4, 0.5) is 0 Å². The molecule has 0 saturated heterocycles. The number of fused-ring (bicyclic) bond motifs is 1. The van der Waals surface area contributed by atoms with Gasteiger partial charge in [-0.25, -0.2) is 9.59 Å². The van der Waals surface area contributed by atoms with Crippen LogP contribution in [0.3, 0.4) is 0 Å². The van der Waals surface area contributed by atoms with E-state index in [2.05, 4.69) is 5.32 Å². The van der Waals surface area contributed by atoms with Gasteiger partial charge in [0, 0.05) is 17.2 Å². The molecule has 2 aromatic rings. The third kappa shape index (κ3) is 4.26. The minimum absolute atomic E-state index is 0.0887. The molecule has 0 radical (unpaired) electrons. The van der Waals surface area contributed by atoms with E-state index in [0.29, 0.717) is 10.9 Å². The van der Waals surface area contributed by atoms with Crippen LogP contribution < -0.4 is 10.9 Å². The molecule has 1 amide bonds. The molecule has 1 aromatic carbocycles. The molecule has 1 aromatic heterocycles. The van der Waals surface area contributed by atoms with Crippen LogP contribution in [0.1, 0.15) is 11.1 Å². The molecular weight excluding hydrogens is 370 g/mol. The first-order valence-corrected chi connectivity index (χ1v) is 8.97. The van der Waals surface area contributed by atoms with Crippen LogP contribution in [0, 0.1) is 6.92 Å². The normalized spacial score (nSPS) is 12.1. The summed E-state index contributed by atoms with van der Waals surface area (Å²) in [6.45, 7) is 1.63. The Morgan fingerprint density at radius 1 is 1.40 bits per heavy atom. The van der Waals surface area contributed by atoms with E-state index in [4.69, 9.17) is 21.1 Å². The molecule has 0 fully saturated rings. The van der Waals surface area contributed by atoms with Crippen LogP contribution in [0.2, 0.25) is 5.02 Å². The molecule has 1 heterocycles. The van der Waals surface area contributed by atoms with Gasteiger partial charge in [0.2, 0.25) is 5.91 Å². The van der Waals surface area contributed by atoms with Gasteiger partial charge in [0.15, 0.2) is 0 Å². The number of aryl methyl sites for hydroxylation is 1. The zero-order valence-electron chi connectivity index (χ0n) is 13.5. The van der Waals surface area contributed by atoms with E-state index in [1.54, 1.807) is 13.2 Å². The number of benzene rings is 1. The molecule has 7 nitrogen and oxygen atoms in total. The van der Waals surface area contributed by atoms with E-state index in [9.17, 15) is 19.5 Å². The molecule has 0 spiro atoms. The maximum absolute atomic E-state index is 12.1. The van der Waals surface area contributed by atoms with Crippen LogP contribution in [-0.4, -0.2) is 40.1 Å². The van der Waals surface area contributed by atoms with Gasteiger partial charge in [0.05, 0.1) is 17.0 Å². The third-order valence-corrected chi connectivity index (χ3v) is 4.63. The van der Waals surface area contributed by atoms with E-state index in [1.165, 1.54) is 23.9 Å². The molecule has 0 unspecified atom stereocenters. The van der Waals surface area contributed by atoms with Gasteiger partial charge in [-0.15, -0.1) is 0 Å². The second-order valence-corrected chi connectivity index (χ2v) is 6.70. The molecule has 0 aliphatic rings. The van der Waals surface area contributed by atoms with E-state index in [0.717, 1.165) is 0 Å². The topological polar surface area (TPSA) is 117 Å². The zero-order chi connectivity index (χ0) is 18.7. The second kappa shape index (κ2) is 7.79. The fourth-order valence-electron chi connectivity index (χ4n) is 2.35. The van der Waals surface area contributed by atoms with Crippen molar-refractivity contribution in [3.8, 4) is 5.75 Å². The summed E-state index contributed by atoms with van der Waals surface area (Å²) < 4.78 is 5.14. The molecule has 0 bridgehead atoms. The number of amides is 1. The van der Waals surface area contributed by atoms with Gasteiger partial charge in [0.25, 0.3) is 0 Å². The average Bonchev–Trinajstić information content (AvgIpc) is 2.53. The highest BCUT2D eigenvalue weighted by molar-refractivity contribution is 7.98. The van der Waals surface area contributed by atoms with Gasteiger partial charge in [-0.1, -0.05) is 11.6 Å². The smallest absolute Gasteiger partial charge is 0.340 e. The first-order valence-electron chi connectivity index (χ1n) is 7.20. The number of phenolic OH excluding ortho intramolecular Hbond substituents is 1. The number of phenols is 1. The number of nitrogens with one attached hydrogen (secondary N) is 1. The summed E-state index contributed by atoms with van der Waals surface area (Å²) >= 11 is 7.16. The monoisotopic (exact) mass is 385 g/mol. The first kappa shape index (κ1) is 19.1. The van der Waals surface area contributed by atoms with Crippen LogP contribution in [0.15, 0.2) is 21.3 Å². The number of hydrogen-bond donors (Lipinski definition) is 3. The van der Waals surface area contributed by atoms with Gasteiger partial charge in [-0.2, -0.15) is 11.8 Å². The van der Waals surface area contributed by atoms with Crippen molar-refractivity contribution in [3.63, 3.8) is 0 Å². The Kier molecular flexibility index (Phi) is 5.97. The minimum Gasteiger partial charge on any atom is -0.506 e. The number of carboxylic acids is 1. The number of rotatable bonds is 6. The van der Waals surface area contributed by atoms with Gasteiger partial charge in [0.1, 0.15) is 17.4 Å². The molecule has 3 N–H and O–H groups in total. The predicted molar refractivity (Wildman–Crippen MR) is 95.5 cm³/mol. The highest BCUT2D eigenvalue weighted by Crippen LogP contribution is 2.30. The quantitative estimate of drug-likeness (QED) is 0.650. The Balaban J connectivity index is 2.35. The summed E-state index contributed by atoms with van der Waals surface area (Å²) in [7, 11) is 0. The van der Waals surface area contributed by atoms with E-state index < -0.39 is 23.5 Å². The largest absolute Gasteiger partial charge is 0.506 e. The lowest BCUT2D eigenvalue weighted by Crippen LogP contribution is -2.43. The predicted octanol–water partition coefficient (Wildman–Crippen LogP) is 1.94. The highest BCUT2D eigenvalue weighted by atomic mass is 35.5. The molecule has 0 aliphatic carbocycles. The Labute approximate surface area is 152 Å². The van der Waals surface area contributed by atoms with Crippen LogP contribution in [-0.2, 0) is 16.0 Å².